The Morgan fingerprint density at radius 3 is 2.61 bits per heavy atom. The molecular formula is C44H39FN8O6. The van der Waals surface area contributed by atoms with Gasteiger partial charge >= 0.3 is 6.03 Å². The molecule has 0 spiro atoms. The van der Waals surface area contributed by atoms with Crippen LogP contribution in [-0.2, 0) is 23.0 Å². The molecule has 0 atom stereocenters. The van der Waals surface area contributed by atoms with E-state index in [4.69, 9.17) is 19.1 Å². The second-order valence-corrected chi connectivity index (χ2v) is 14.9. The number of nitrogens with one attached hydrogen (secondary N) is 2. The fourth-order valence-corrected chi connectivity index (χ4v) is 8.14. The molecule has 59 heavy (non-hydrogen) atoms. The van der Waals surface area contributed by atoms with E-state index in [0.29, 0.717) is 33.8 Å². The molecule has 7 heterocycles. The van der Waals surface area contributed by atoms with E-state index in [-0.39, 0.29) is 42.2 Å². The minimum atomic E-state index is -0.712. The Balaban J connectivity index is 0.904. The molecule has 6 aromatic rings. The van der Waals surface area contributed by atoms with Gasteiger partial charge in [0, 0.05) is 73.9 Å². The fraction of sp³-hybridized carbons (Fsp3) is 0.295. The van der Waals surface area contributed by atoms with Gasteiger partial charge in [-0.2, -0.15) is 0 Å². The molecule has 0 bridgehead atoms. The van der Waals surface area contributed by atoms with Crippen molar-refractivity contribution in [3.63, 3.8) is 0 Å². The van der Waals surface area contributed by atoms with Gasteiger partial charge in [-0.25, -0.2) is 19.2 Å². The number of nitrogens with zero attached hydrogens (tertiary/aromatic N) is 6. The Bertz CT molecular complexity index is 2820. The molecule has 0 unspecified atom stereocenters. The highest BCUT2D eigenvalue weighted by Crippen LogP contribution is 2.41. The van der Waals surface area contributed by atoms with Gasteiger partial charge in [-0.3, -0.25) is 29.6 Å². The first-order valence-corrected chi connectivity index (χ1v) is 19.6. The number of urea groups is 1. The van der Waals surface area contributed by atoms with Crippen molar-refractivity contribution in [1.82, 2.24) is 30.2 Å². The number of aromatic nitrogens is 4. The number of fused-ring (bicyclic) bond motifs is 3. The predicted octanol–water partition coefficient (Wildman–Crippen LogP) is 5.79. The Hall–Kier alpha value is -6.92. The van der Waals surface area contributed by atoms with Crippen LogP contribution in [0.5, 0.6) is 0 Å². The third-order valence-electron chi connectivity index (χ3n) is 11.2. The molecule has 14 nitrogen and oxygen atoms in total. The summed E-state index contributed by atoms with van der Waals surface area (Å²) in [4.78, 5) is 67.6. The van der Waals surface area contributed by atoms with Gasteiger partial charge in [0.25, 0.3) is 11.5 Å². The van der Waals surface area contributed by atoms with Crippen molar-refractivity contribution >= 4 is 56.8 Å². The normalized spacial score (nSPS) is 15.8. The second-order valence-electron chi connectivity index (χ2n) is 14.9. The molecule has 2 fully saturated rings. The number of benzene rings is 2. The first-order valence-electron chi connectivity index (χ1n) is 19.6. The standard InChI is InChI=1S/C44H39FN8O6/c1-25-19-30-35(51(2)43(25)56)20-28(26-12-17-58-18-13-26)21-36(30)52-15-4-6-33-37(52)24-48-41(49-33)27-7-9-34(47-23-27)42(55)46-14-3-5-29-22-31-38(59-29)10-8-32(45)40(31)53-16-11-39(54)50-44(53)57/h7-10,19-24,26H,4,6,11-18H2,1-2H3,(H,46,55)(H,50,54,57). The number of anilines is 3. The summed E-state index contributed by atoms with van der Waals surface area (Å²) < 4.78 is 28.0. The number of halogens is 1. The van der Waals surface area contributed by atoms with Crippen molar-refractivity contribution in [2.45, 2.75) is 44.9 Å². The Morgan fingerprint density at radius 1 is 0.966 bits per heavy atom. The predicted molar refractivity (Wildman–Crippen MR) is 218 cm³/mol. The maximum absolute atomic E-state index is 14.9. The number of hydrogen-bond donors (Lipinski definition) is 2. The summed E-state index contributed by atoms with van der Waals surface area (Å²) in [7, 11) is 1.84. The Kier molecular flexibility index (Phi) is 9.85. The minimum absolute atomic E-state index is 0.000519. The SMILES string of the molecule is Cc1cc2c(N3CCCc4nc(-c5ccc(C(=O)NCC#Cc6cc7c(N8CCC(=O)NC8=O)c(F)ccc7o6)nc5)ncc43)cc(C3CCOCC3)cc2n(C)c1=O. The molecule has 0 saturated carbocycles. The number of furan rings is 1. The molecule has 298 valence electrons. The number of pyridine rings is 2. The van der Waals surface area contributed by atoms with Gasteiger partial charge in [0.15, 0.2) is 11.6 Å². The molecule has 3 aliphatic heterocycles. The zero-order valence-corrected chi connectivity index (χ0v) is 32.4. The molecule has 0 radical (unpaired) electrons. The summed E-state index contributed by atoms with van der Waals surface area (Å²) in [6, 6.07) is 13.2. The maximum atomic E-state index is 14.9. The van der Waals surface area contributed by atoms with E-state index in [1.807, 2.05) is 26.2 Å². The summed E-state index contributed by atoms with van der Waals surface area (Å²) in [6.07, 6.45) is 6.98. The van der Waals surface area contributed by atoms with Crippen LogP contribution in [-0.4, -0.2) is 70.2 Å². The summed E-state index contributed by atoms with van der Waals surface area (Å²) >= 11 is 0. The molecule has 2 aromatic carbocycles. The smallest absolute Gasteiger partial charge is 0.328 e. The van der Waals surface area contributed by atoms with Crippen LogP contribution in [0.3, 0.4) is 0 Å². The van der Waals surface area contributed by atoms with E-state index >= 15 is 0 Å². The molecule has 2 saturated heterocycles. The maximum Gasteiger partial charge on any atom is 0.328 e. The minimum Gasteiger partial charge on any atom is -0.448 e. The number of ether oxygens (including phenoxy) is 1. The first kappa shape index (κ1) is 37.6. The van der Waals surface area contributed by atoms with Crippen molar-refractivity contribution in [3.8, 4) is 23.2 Å². The Morgan fingerprint density at radius 2 is 1.81 bits per heavy atom. The zero-order valence-electron chi connectivity index (χ0n) is 32.4. The lowest BCUT2D eigenvalue weighted by atomic mass is 9.89. The molecule has 4 aromatic heterocycles. The number of aryl methyl sites for hydroxylation is 3. The van der Waals surface area contributed by atoms with Crippen LogP contribution in [0.4, 0.5) is 26.2 Å². The van der Waals surface area contributed by atoms with Gasteiger partial charge in [0.05, 0.1) is 41.0 Å². The first-order chi connectivity index (χ1) is 28.6. The fourth-order valence-electron chi connectivity index (χ4n) is 8.14. The Labute approximate surface area is 337 Å². The second kappa shape index (κ2) is 15.4. The lowest BCUT2D eigenvalue weighted by Gasteiger charge is -2.33. The van der Waals surface area contributed by atoms with Crippen molar-refractivity contribution in [2.24, 2.45) is 7.05 Å². The van der Waals surface area contributed by atoms with E-state index in [0.717, 1.165) is 73.4 Å². The summed E-state index contributed by atoms with van der Waals surface area (Å²) in [5.74, 6) is 5.21. The van der Waals surface area contributed by atoms with Crippen molar-refractivity contribution in [1.29, 1.82) is 0 Å². The van der Waals surface area contributed by atoms with Gasteiger partial charge in [0.2, 0.25) is 5.91 Å². The van der Waals surface area contributed by atoms with Crippen molar-refractivity contribution in [2.75, 3.05) is 42.6 Å². The highest BCUT2D eigenvalue weighted by molar-refractivity contribution is 6.09. The molecule has 2 N–H and O–H groups in total. The number of rotatable bonds is 6. The van der Waals surface area contributed by atoms with Crippen LogP contribution in [0.25, 0.3) is 33.3 Å². The molecule has 3 aliphatic rings. The topological polar surface area (TPSA) is 165 Å². The van der Waals surface area contributed by atoms with E-state index in [1.165, 1.54) is 28.7 Å². The van der Waals surface area contributed by atoms with E-state index in [9.17, 15) is 23.6 Å². The van der Waals surface area contributed by atoms with Crippen molar-refractivity contribution < 1.29 is 27.9 Å². The number of amides is 4. The van der Waals surface area contributed by atoms with Gasteiger partial charge in [0.1, 0.15) is 17.1 Å². The average Bonchev–Trinajstić information content (AvgIpc) is 3.67. The van der Waals surface area contributed by atoms with Gasteiger partial charge < -0.3 is 23.9 Å². The van der Waals surface area contributed by atoms with E-state index < -0.39 is 23.7 Å². The lowest BCUT2D eigenvalue weighted by Crippen LogP contribution is -2.49. The average molecular weight is 795 g/mol. The number of carbonyl (C=O) groups excluding carboxylic acids is 3. The van der Waals surface area contributed by atoms with Crippen LogP contribution in [0.15, 0.2) is 70.1 Å². The summed E-state index contributed by atoms with van der Waals surface area (Å²) in [5, 5.41) is 6.26. The number of imide groups is 1. The lowest BCUT2D eigenvalue weighted by molar-refractivity contribution is -0.120. The highest BCUT2D eigenvalue weighted by Gasteiger charge is 2.29. The monoisotopic (exact) mass is 794 g/mol. The summed E-state index contributed by atoms with van der Waals surface area (Å²) in [6.45, 7) is 4.08. The third kappa shape index (κ3) is 7.16. The molecule has 4 amide bonds. The van der Waals surface area contributed by atoms with Crippen molar-refractivity contribution in [3.05, 3.63) is 105 Å². The summed E-state index contributed by atoms with van der Waals surface area (Å²) in [5.41, 5.74) is 6.80. The zero-order chi connectivity index (χ0) is 40.8. The van der Waals surface area contributed by atoms with E-state index in [2.05, 4.69) is 44.5 Å². The number of carbonyl (C=O) groups is 3. The van der Waals surface area contributed by atoms with Crippen LogP contribution in [0, 0.1) is 24.6 Å². The largest absolute Gasteiger partial charge is 0.448 e. The molecular weight excluding hydrogens is 756 g/mol. The van der Waals surface area contributed by atoms with Gasteiger partial charge in [-0.1, -0.05) is 5.92 Å². The van der Waals surface area contributed by atoms with Crippen LogP contribution in [0.1, 0.15) is 64.7 Å². The molecule has 9 rings (SSSR count). The third-order valence-corrected chi connectivity index (χ3v) is 11.2. The van der Waals surface area contributed by atoms with Crippen LogP contribution < -0.4 is 26.0 Å². The van der Waals surface area contributed by atoms with E-state index in [1.54, 1.807) is 22.9 Å². The molecule has 15 heteroatoms. The quantitative estimate of drug-likeness (QED) is 0.197. The van der Waals surface area contributed by atoms with Gasteiger partial charge in [-0.05, 0) is 92.5 Å². The number of hydrogen-bond acceptors (Lipinski definition) is 10. The molecule has 0 aliphatic carbocycles. The van der Waals surface area contributed by atoms with Crippen LogP contribution >= 0.6 is 0 Å². The highest BCUT2D eigenvalue weighted by atomic mass is 19.1. The van der Waals surface area contributed by atoms with Crippen LogP contribution in [0.2, 0.25) is 0 Å². The van der Waals surface area contributed by atoms with Gasteiger partial charge in [-0.15, -0.1) is 0 Å².